The zero-order valence-electron chi connectivity index (χ0n) is 13.7. The number of nitrogens with two attached hydrogens (primary N) is 1. The summed E-state index contributed by atoms with van der Waals surface area (Å²) in [6, 6.07) is 11.7. The molecule has 0 spiro atoms. The second kappa shape index (κ2) is 7.93. The van der Waals surface area contributed by atoms with Gasteiger partial charge in [0, 0.05) is 12.4 Å². The third-order valence-corrected chi connectivity index (χ3v) is 3.54. The van der Waals surface area contributed by atoms with Gasteiger partial charge in [0.05, 0.1) is 11.6 Å². The van der Waals surface area contributed by atoms with Gasteiger partial charge in [-0.1, -0.05) is 30.3 Å². The molecule has 2 heterocycles. The lowest BCUT2D eigenvalue weighted by Crippen LogP contribution is -2.32. The number of oxazole rings is 1. The third kappa shape index (κ3) is 4.23. The van der Waals surface area contributed by atoms with Crippen LogP contribution in [-0.2, 0) is 4.74 Å². The number of ether oxygens (including phenoxy) is 1. The lowest BCUT2D eigenvalue weighted by Gasteiger charge is -2.18. The van der Waals surface area contributed by atoms with Crippen LogP contribution in [0.2, 0.25) is 0 Å². The molecule has 0 aliphatic heterocycles. The summed E-state index contributed by atoms with van der Waals surface area (Å²) in [5.74, 6) is -1.02. The van der Waals surface area contributed by atoms with Gasteiger partial charge in [-0.25, -0.2) is 4.79 Å². The molecule has 3 rings (SSSR count). The van der Waals surface area contributed by atoms with E-state index in [1.807, 2.05) is 30.3 Å². The molecule has 0 saturated carbocycles. The molecule has 0 saturated heterocycles. The standard InChI is InChI=1S/C18H16N4O4/c19-18-22-15(11-26-18)16(23)21-14(12-5-2-1-3-6-12)10-25-17(24)13-7-4-8-20-9-13/h1-9,11,14H,10H2,(H2,19,22)(H,21,23)/t14-/m0/s1. The molecule has 0 aliphatic carbocycles. The van der Waals surface area contributed by atoms with E-state index in [0.29, 0.717) is 5.56 Å². The highest BCUT2D eigenvalue weighted by atomic mass is 16.5. The minimum Gasteiger partial charge on any atom is -0.459 e. The van der Waals surface area contributed by atoms with Crippen molar-refractivity contribution in [1.29, 1.82) is 0 Å². The number of nitrogen functional groups attached to an aromatic ring is 1. The Hall–Kier alpha value is -3.68. The SMILES string of the molecule is Nc1nc(C(=O)N[C@@H](COC(=O)c2cccnc2)c2ccccc2)co1. The molecule has 132 valence electrons. The lowest BCUT2D eigenvalue weighted by atomic mass is 10.1. The number of hydrogen-bond donors (Lipinski definition) is 2. The number of pyridine rings is 1. The topological polar surface area (TPSA) is 120 Å². The highest BCUT2D eigenvalue weighted by Gasteiger charge is 2.20. The van der Waals surface area contributed by atoms with E-state index in [1.165, 1.54) is 6.20 Å². The van der Waals surface area contributed by atoms with Crippen molar-refractivity contribution >= 4 is 17.9 Å². The first-order chi connectivity index (χ1) is 12.6. The number of carbonyl (C=O) groups excluding carboxylic acids is 2. The molecule has 8 nitrogen and oxygen atoms in total. The number of benzene rings is 1. The van der Waals surface area contributed by atoms with E-state index in [-0.39, 0.29) is 18.3 Å². The van der Waals surface area contributed by atoms with Crippen LogP contribution in [0.25, 0.3) is 0 Å². The zero-order valence-corrected chi connectivity index (χ0v) is 13.7. The molecular formula is C18H16N4O4. The smallest absolute Gasteiger partial charge is 0.339 e. The molecule has 0 bridgehead atoms. The Bertz CT molecular complexity index is 880. The number of nitrogens with zero attached hydrogens (tertiary/aromatic N) is 2. The highest BCUT2D eigenvalue weighted by molar-refractivity contribution is 5.92. The number of hydrogen-bond acceptors (Lipinski definition) is 7. The van der Waals surface area contributed by atoms with E-state index >= 15 is 0 Å². The van der Waals surface area contributed by atoms with E-state index in [0.717, 1.165) is 11.8 Å². The van der Waals surface area contributed by atoms with Gasteiger partial charge in [-0.2, -0.15) is 4.98 Å². The third-order valence-electron chi connectivity index (χ3n) is 3.54. The molecule has 2 aromatic heterocycles. The summed E-state index contributed by atoms with van der Waals surface area (Å²) in [6.07, 6.45) is 4.14. The maximum Gasteiger partial charge on any atom is 0.339 e. The van der Waals surface area contributed by atoms with Gasteiger partial charge in [-0.15, -0.1) is 0 Å². The number of rotatable bonds is 6. The summed E-state index contributed by atoms with van der Waals surface area (Å²) >= 11 is 0. The summed E-state index contributed by atoms with van der Waals surface area (Å²) in [7, 11) is 0. The van der Waals surface area contributed by atoms with Crippen LogP contribution < -0.4 is 11.1 Å². The molecule has 26 heavy (non-hydrogen) atoms. The van der Waals surface area contributed by atoms with Crippen LogP contribution in [0.5, 0.6) is 0 Å². The van der Waals surface area contributed by atoms with Crippen molar-refractivity contribution in [3.8, 4) is 0 Å². The monoisotopic (exact) mass is 352 g/mol. The van der Waals surface area contributed by atoms with E-state index in [4.69, 9.17) is 14.9 Å². The quantitative estimate of drug-likeness (QED) is 0.651. The number of esters is 1. The van der Waals surface area contributed by atoms with Gasteiger partial charge in [0.2, 0.25) is 0 Å². The molecule has 1 aromatic carbocycles. The molecule has 0 radical (unpaired) electrons. The van der Waals surface area contributed by atoms with Crippen molar-refractivity contribution in [3.05, 3.63) is 77.9 Å². The largest absolute Gasteiger partial charge is 0.459 e. The Balaban J connectivity index is 1.71. The maximum atomic E-state index is 12.3. The summed E-state index contributed by atoms with van der Waals surface area (Å²) in [5, 5.41) is 2.76. The van der Waals surface area contributed by atoms with Crippen LogP contribution in [0, 0.1) is 0 Å². The fourth-order valence-electron chi connectivity index (χ4n) is 2.26. The van der Waals surface area contributed by atoms with E-state index < -0.39 is 17.9 Å². The first-order valence-electron chi connectivity index (χ1n) is 7.77. The van der Waals surface area contributed by atoms with Crippen LogP contribution in [0.3, 0.4) is 0 Å². The number of carbonyl (C=O) groups is 2. The van der Waals surface area contributed by atoms with Crippen molar-refractivity contribution in [2.75, 3.05) is 12.3 Å². The molecule has 3 N–H and O–H groups in total. The molecule has 0 fully saturated rings. The van der Waals surface area contributed by atoms with E-state index in [2.05, 4.69) is 15.3 Å². The van der Waals surface area contributed by atoms with Gasteiger partial charge in [-0.3, -0.25) is 9.78 Å². The molecule has 0 aliphatic rings. The predicted molar refractivity (Wildman–Crippen MR) is 92.1 cm³/mol. The summed E-state index contributed by atoms with van der Waals surface area (Å²) < 4.78 is 10.2. The van der Waals surface area contributed by atoms with Gasteiger partial charge >= 0.3 is 5.97 Å². The fourth-order valence-corrected chi connectivity index (χ4v) is 2.26. The second-order valence-electron chi connectivity index (χ2n) is 5.35. The Morgan fingerprint density at radius 2 is 2.00 bits per heavy atom. The molecule has 3 aromatic rings. The summed E-state index contributed by atoms with van der Waals surface area (Å²) in [5.41, 5.74) is 6.53. The lowest BCUT2D eigenvalue weighted by molar-refractivity contribution is 0.0455. The second-order valence-corrected chi connectivity index (χ2v) is 5.35. The number of nitrogens with one attached hydrogen (secondary N) is 1. The van der Waals surface area contributed by atoms with Crippen molar-refractivity contribution in [1.82, 2.24) is 15.3 Å². The number of anilines is 1. The van der Waals surface area contributed by atoms with E-state index in [1.54, 1.807) is 18.3 Å². The fraction of sp³-hybridized carbons (Fsp3) is 0.111. The average molecular weight is 352 g/mol. The summed E-state index contributed by atoms with van der Waals surface area (Å²) in [6.45, 7) is -0.0587. The van der Waals surface area contributed by atoms with Gasteiger partial charge in [0.15, 0.2) is 5.69 Å². The molecule has 0 unspecified atom stereocenters. The van der Waals surface area contributed by atoms with Crippen LogP contribution in [0.4, 0.5) is 6.01 Å². The Kier molecular flexibility index (Phi) is 5.23. The Labute approximate surface area is 149 Å². The highest BCUT2D eigenvalue weighted by Crippen LogP contribution is 2.15. The number of aromatic nitrogens is 2. The van der Waals surface area contributed by atoms with Gasteiger partial charge in [0.1, 0.15) is 12.9 Å². The minimum absolute atomic E-state index is 0.0435. The summed E-state index contributed by atoms with van der Waals surface area (Å²) in [4.78, 5) is 32.1. The average Bonchev–Trinajstić information content (AvgIpc) is 3.12. The van der Waals surface area contributed by atoms with E-state index in [9.17, 15) is 9.59 Å². The van der Waals surface area contributed by atoms with Crippen LogP contribution in [-0.4, -0.2) is 28.5 Å². The van der Waals surface area contributed by atoms with Crippen molar-refractivity contribution in [2.45, 2.75) is 6.04 Å². The first-order valence-corrected chi connectivity index (χ1v) is 7.77. The van der Waals surface area contributed by atoms with Gasteiger partial charge < -0.3 is 20.2 Å². The maximum absolute atomic E-state index is 12.3. The van der Waals surface area contributed by atoms with Gasteiger partial charge in [-0.05, 0) is 17.7 Å². The van der Waals surface area contributed by atoms with Crippen molar-refractivity contribution < 1.29 is 18.7 Å². The van der Waals surface area contributed by atoms with Crippen molar-refractivity contribution in [2.24, 2.45) is 0 Å². The first kappa shape index (κ1) is 17.2. The van der Waals surface area contributed by atoms with Crippen LogP contribution in [0.15, 0.2) is 65.5 Å². The van der Waals surface area contributed by atoms with Crippen LogP contribution >= 0.6 is 0 Å². The Morgan fingerprint density at radius 1 is 1.19 bits per heavy atom. The molecular weight excluding hydrogens is 336 g/mol. The molecule has 1 amide bonds. The number of amides is 1. The van der Waals surface area contributed by atoms with Crippen molar-refractivity contribution in [3.63, 3.8) is 0 Å². The van der Waals surface area contributed by atoms with Crippen LogP contribution in [0.1, 0.15) is 32.5 Å². The minimum atomic E-state index is -0.567. The van der Waals surface area contributed by atoms with Gasteiger partial charge in [0.25, 0.3) is 11.9 Å². The zero-order chi connectivity index (χ0) is 18.4. The Morgan fingerprint density at radius 3 is 2.65 bits per heavy atom. The predicted octanol–water partition coefficient (Wildman–Crippen LogP) is 1.98. The molecule has 1 atom stereocenters. The molecule has 8 heteroatoms. The normalized spacial score (nSPS) is 11.5.